The smallest absolute Gasteiger partial charge is 0.269 e. The highest BCUT2D eigenvalue weighted by atomic mass is 16.6. The molecule has 1 saturated carbocycles. The molecule has 1 aliphatic rings. The van der Waals surface area contributed by atoms with E-state index in [1.54, 1.807) is 6.92 Å². The first-order chi connectivity index (χ1) is 8.97. The molecule has 1 fully saturated rings. The van der Waals surface area contributed by atoms with E-state index in [1.165, 1.54) is 18.2 Å². The first kappa shape index (κ1) is 13.5. The molecular weight excluding hydrogens is 248 g/mol. The van der Waals surface area contributed by atoms with Crippen molar-refractivity contribution in [3.8, 4) is 0 Å². The van der Waals surface area contributed by atoms with E-state index in [1.807, 2.05) is 0 Å². The minimum absolute atomic E-state index is 0.0328. The monoisotopic (exact) mass is 264 g/mol. The molecule has 1 amide bonds. The Morgan fingerprint density at radius 1 is 1.53 bits per heavy atom. The molecule has 19 heavy (non-hydrogen) atoms. The number of hydrogen-bond acceptors (Lipinski definition) is 4. The van der Waals surface area contributed by atoms with E-state index in [9.17, 15) is 20.0 Å². The van der Waals surface area contributed by atoms with Crippen LogP contribution in [-0.4, -0.2) is 28.1 Å². The van der Waals surface area contributed by atoms with Crippen LogP contribution in [0.15, 0.2) is 18.2 Å². The van der Waals surface area contributed by atoms with Gasteiger partial charge in [0.15, 0.2) is 0 Å². The molecule has 0 aliphatic heterocycles. The fourth-order valence-corrected chi connectivity index (χ4v) is 2.25. The predicted octanol–water partition coefficient (Wildman–Crippen LogP) is 1.55. The van der Waals surface area contributed by atoms with Crippen molar-refractivity contribution in [2.45, 2.75) is 31.7 Å². The van der Waals surface area contributed by atoms with Crippen molar-refractivity contribution in [1.29, 1.82) is 0 Å². The zero-order valence-corrected chi connectivity index (χ0v) is 10.7. The lowest BCUT2D eigenvalue weighted by Gasteiger charge is -2.41. The van der Waals surface area contributed by atoms with Gasteiger partial charge in [0.2, 0.25) is 0 Å². The summed E-state index contributed by atoms with van der Waals surface area (Å²) in [6, 6.07) is 4.14. The van der Waals surface area contributed by atoms with Gasteiger partial charge in [0.1, 0.15) is 0 Å². The number of aryl methyl sites for hydroxylation is 1. The maximum absolute atomic E-state index is 12.1. The van der Waals surface area contributed by atoms with Gasteiger partial charge in [-0.3, -0.25) is 14.9 Å². The number of nitrogens with zero attached hydrogens (tertiary/aromatic N) is 1. The number of carbonyl (C=O) groups is 1. The number of rotatable bonds is 4. The van der Waals surface area contributed by atoms with E-state index in [-0.39, 0.29) is 18.2 Å². The molecule has 0 unspecified atom stereocenters. The number of amides is 1. The molecule has 1 aromatic carbocycles. The third-order valence-corrected chi connectivity index (χ3v) is 3.66. The number of aliphatic hydroxyl groups excluding tert-OH is 1. The zero-order valence-electron chi connectivity index (χ0n) is 10.7. The van der Waals surface area contributed by atoms with Gasteiger partial charge in [-0.2, -0.15) is 0 Å². The average molecular weight is 264 g/mol. The normalized spacial score (nSPS) is 16.5. The standard InChI is InChI=1S/C13H16N2O4/c1-9-7-10(15(18)19)3-4-11(9)12(17)14-13(8-16)5-2-6-13/h3-4,7,16H,2,5-6,8H2,1H3,(H,14,17). The third kappa shape index (κ3) is 2.58. The summed E-state index contributed by atoms with van der Waals surface area (Å²) in [5, 5.41) is 22.8. The van der Waals surface area contributed by atoms with Crippen molar-refractivity contribution in [1.82, 2.24) is 5.32 Å². The fourth-order valence-electron chi connectivity index (χ4n) is 2.25. The molecule has 1 aromatic rings. The number of aliphatic hydroxyl groups is 1. The molecular formula is C13H16N2O4. The summed E-state index contributed by atoms with van der Waals surface area (Å²) < 4.78 is 0. The van der Waals surface area contributed by atoms with Crippen LogP contribution in [0.4, 0.5) is 5.69 Å². The van der Waals surface area contributed by atoms with E-state index in [2.05, 4.69) is 5.32 Å². The van der Waals surface area contributed by atoms with E-state index in [0.717, 1.165) is 19.3 Å². The number of hydrogen-bond donors (Lipinski definition) is 2. The number of nitro groups is 1. The number of nitro benzene ring substituents is 1. The van der Waals surface area contributed by atoms with E-state index in [0.29, 0.717) is 11.1 Å². The topological polar surface area (TPSA) is 92.5 Å². The number of benzene rings is 1. The summed E-state index contributed by atoms with van der Waals surface area (Å²) in [6.45, 7) is 1.58. The SMILES string of the molecule is Cc1cc([N+](=O)[O-])ccc1C(=O)NC1(CO)CCC1. The quantitative estimate of drug-likeness (QED) is 0.637. The second-order valence-corrected chi connectivity index (χ2v) is 5.00. The Morgan fingerprint density at radius 3 is 2.63 bits per heavy atom. The molecule has 0 atom stereocenters. The highest BCUT2D eigenvalue weighted by Crippen LogP contribution is 2.31. The Kier molecular flexibility index (Phi) is 3.53. The average Bonchev–Trinajstić information content (AvgIpc) is 2.33. The minimum atomic E-state index is -0.509. The molecule has 0 spiro atoms. The summed E-state index contributed by atoms with van der Waals surface area (Å²) in [5.41, 5.74) is 0.421. The number of carbonyl (C=O) groups excluding carboxylic acids is 1. The largest absolute Gasteiger partial charge is 0.394 e. The first-order valence-corrected chi connectivity index (χ1v) is 6.16. The summed E-state index contributed by atoms with van der Waals surface area (Å²) in [5.74, 6) is -0.291. The second kappa shape index (κ2) is 4.97. The number of nitrogens with one attached hydrogen (secondary N) is 1. The molecule has 6 nitrogen and oxygen atoms in total. The van der Waals surface area contributed by atoms with Crippen LogP contribution in [0.5, 0.6) is 0 Å². The maximum atomic E-state index is 12.1. The zero-order chi connectivity index (χ0) is 14.0. The third-order valence-electron chi connectivity index (χ3n) is 3.66. The van der Waals surface area contributed by atoms with Crippen LogP contribution in [0, 0.1) is 17.0 Å². The highest BCUT2D eigenvalue weighted by Gasteiger charge is 2.38. The van der Waals surface area contributed by atoms with Crippen molar-refractivity contribution in [2.24, 2.45) is 0 Å². The van der Waals surface area contributed by atoms with Gasteiger partial charge in [-0.05, 0) is 37.8 Å². The molecule has 2 rings (SSSR count). The Bertz CT molecular complexity index is 518. The van der Waals surface area contributed by atoms with E-state index in [4.69, 9.17) is 0 Å². The Labute approximate surface area is 110 Å². The molecule has 0 radical (unpaired) electrons. The van der Waals surface area contributed by atoms with Gasteiger partial charge in [-0.25, -0.2) is 0 Å². The lowest BCUT2D eigenvalue weighted by atomic mass is 9.77. The van der Waals surface area contributed by atoms with Gasteiger partial charge in [0, 0.05) is 17.7 Å². The first-order valence-electron chi connectivity index (χ1n) is 6.16. The van der Waals surface area contributed by atoms with E-state index < -0.39 is 10.5 Å². The van der Waals surface area contributed by atoms with Crippen LogP contribution in [0.2, 0.25) is 0 Å². The molecule has 0 bridgehead atoms. The summed E-state index contributed by atoms with van der Waals surface area (Å²) in [7, 11) is 0. The highest BCUT2D eigenvalue weighted by molar-refractivity contribution is 5.96. The van der Waals surface area contributed by atoms with Crippen molar-refractivity contribution in [3.63, 3.8) is 0 Å². The maximum Gasteiger partial charge on any atom is 0.269 e. The molecule has 1 aliphatic carbocycles. The summed E-state index contributed by atoms with van der Waals surface area (Å²) in [4.78, 5) is 22.3. The van der Waals surface area contributed by atoms with Gasteiger partial charge in [0.25, 0.3) is 11.6 Å². The van der Waals surface area contributed by atoms with Crippen LogP contribution in [0.1, 0.15) is 35.2 Å². The minimum Gasteiger partial charge on any atom is -0.394 e. The van der Waals surface area contributed by atoms with Crippen LogP contribution in [0.25, 0.3) is 0 Å². The molecule has 102 valence electrons. The van der Waals surface area contributed by atoms with Gasteiger partial charge >= 0.3 is 0 Å². The number of non-ortho nitro benzene ring substituents is 1. The van der Waals surface area contributed by atoms with Gasteiger partial charge in [0.05, 0.1) is 17.1 Å². The Balaban J connectivity index is 2.17. The molecule has 0 saturated heterocycles. The molecule has 0 heterocycles. The summed E-state index contributed by atoms with van der Waals surface area (Å²) in [6.07, 6.45) is 2.52. The molecule has 6 heteroatoms. The van der Waals surface area contributed by atoms with Crippen LogP contribution < -0.4 is 5.32 Å². The Hall–Kier alpha value is -1.95. The van der Waals surface area contributed by atoms with Crippen molar-refractivity contribution >= 4 is 11.6 Å². The second-order valence-electron chi connectivity index (χ2n) is 5.00. The van der Waals surface area contributed by atoms with Crippen molar-refractivity contribution < 1.29 is 14.8 Å². The van der Waals surface area contributed by atoms with Crippen molar-refractivity contribution in [2.75, 3.05) is 6.61 Å². The van der Waals surface area contributed by atoms with Gasteiger partial charge < -0.3 is 10.4 Å². The van der Waals surface area contributed by atoms with Crippen LogP contribution in [0.3, 0.4) is 0 Å². The fraction of sp³-hybridized carbons (Fsp3) is 0.462. The molecule has 0 aromatic heterocycles. The van der Waals surface area contributed by atoms with Crippen LogP contribution >= 0.6 is 0 Å². The van der Waals surface area contributed by atoms with Gasteiger partial charge in [-0.15, -0.1) is 0 Å². The Morgan fingerprint density at radius 2 is 2.21 bits per heavy atom. The van der Waals surface area contributed by atoms with Gasteiger partial charge in [-0.1, -0.05) is 0 Å². The molecule has 2 N–H and O–H groups in total. The predicted molar refractivity (Wildman–Crippen MR) is 69.0 cm³/mol. The summed E-state index contributed by atoms with van der Waals surface area (Å²) >= 11 is 0. The lowest BCUT2D eigenvalue weighted by molar-refractivity contribution is -0.384. The van der Waals surface area contributed by atoms with E-state index >= 15 is 0 Å². The van der Waals surface area contributed by atoms with Crippen LogP contribution in [-0.2, 0) is 0 Å². The lowest BCUT2D eigenvalue weighted by Crippen LogP contribution is -2.56. The van der Waals surface area contributed by atoms with Crippen molar-refractivity contribution in [3.05, 3.63) is 39.4 Å².